The van der Waals surface area contributed by atoms with Gasteiger partial charge in [0.25, 0.3) is 5.69 Å². The number of hydrogen-bond donors (Lipinski definition) is 5. The highest BCUT2D eigenvalue weighted by atomic mass is 16.6. The molecule has 1 aromatic rings. The summed E-state index contributed by atoms with van der Waals surface area (Å²) in [5.41, 5.74) is 5.17. The molecule has 0 aliphatic heterocycles. The number of nitrogen functional groups attached to an aromatic ring is 1. The number of nitro benzene ring substituents is 1. The van der Waals surface area contributed by atoms with E-state index in [9.17, 15) is 19.7 Å². The van der Waals surface area contributed by atoms with Gasteiger partial charge in [-0.05, 0) is 12.1 Å². The van der Waals surface area contributed by atoms with E-state index in [1.54, 1.807) is 0 Å². The van der Waals surface area contributed by atoms with Crippen molar-refractivity contribution in [2.24, 2.45) is 0 Å². The third-order valence-corrected chi connectivity index (χ3v) is 2.70. The molecule has 1 atom stereocenters. The zero-order chi connectivity index (χ0) is 16.7. The molecule has 0 radical (unpaired) electrons. The number of nitro groups is 1. The number of hydrogen-bond acceptors (Lipinski definition) is 7. The molecular formula is C12H16N4O6. The zero-order valence-corrected chi connectivity index (χ0v) is 11.5. The summed E-state index contributed by atoms with van der Waals surface area (Å²) in [5.74, 6) is -1.89. The van der Waals surface area contributed by atoms with Crippen molar-refractivity contribution in [1.82, 2.24) is 5.32 Å². The molecule has 1 amide bonds. The van der Waals surface area contributed by atoms with Crippen LogP contribution in [0, 0.1) is 10.1 Å². The molecule has 10 nitrogen and oxygen atoms in total. The molecule has 0 spiro atoms. The Morgan fingerprint density at radius 2 is 2.09 bits per heavy atom. The Balaban J connectivity index is 2.73. The Hall–Kier alpha value is -2.72. The lowest BCUT2D eigenvalue weighted by molar-refractivity contribution is -0.383. The molecule has 0 aromatic heterocycles. The predicted molar refractivity (Wildman–Crippen MR) is 77.3 cm³/mol. The van der Waals surface area contributed by atoms with Gasteiger partial charge in [-0.2, -0.15) is 0 Å². The van der Waals surface area contributed by atoms with Crippen LogP contribution in [0.3, 0.4) is 0 Å². The summed E-state index contributed by atoms with van der Waals surface area (Å²) >= 11 is 0. The van der Waals surface area contributed by atoms with E-state index in [2.05, 4.69) is 10.6 Å². The summed E-state index contributed by atoms with van der Waals surface area (Å²) in [5, 5.41) is 33.2. The van der Waals surface area contributed by atoms with Crippen molar-refractivity contribution in [3.05, 3.63) is 28.3 Å². The molecule has 0 bridgehead atoms. The molecule has 0 heterocycles. The summed E-state index contributed by atoms with van der Waals surface area (Å²) in [7, 11) is 0. The van der Waals surface area contributed by atoms with Crippen LogP contribution in [0.1, 0.15) is 6.42 Å². The zero-order valence-electron chi connectivity index (χ0n) is 11.5. The van der Waals surface area contributed by atoms with Gasteiger partial charge < -0.3 is 26.6 Å². The van der Waals surface area contributed by atoms with Gasteiger partial charge in [-0.25, -0.2) is 0 Å². The number of rotatable bonds is 8. The summed E-state index contributed by atoms with van der Waals surface area (Å²) in [4.78, 5) is 32.8. The standard InChI is InChI=1S/C12H16N4O6/c13-8-2-1-7(5-10(8)16(21)22)15-11(18)6-9(12(19)20)14-3-4-17/h1-2,5,9,14,17H,3-4,6,13H2,(H,15,18)(H,19,20)/t9-/m0/s1. The molecule has 0 unspecified atom stereocenters. The number of carbonyl (C=O) groups excluding carboxylic acids is 1. The van der Waals surface area contributed by atoms with Crippen molar-refractivity contribution >= 4 is 28.9 Å². The Bertz CT molecular complexity index is 577. The van der Waals surface area contributed by atoms with Crippen LogP contribution in [0.5, 0.6) is 0 Å². The number of nitrogens with one attached hydrogen (secondary N) is 2. The van der Waals surface area contributed by atoms with Gasteiger partial charge in [0.15, 0.2) is 0 Å². The molecule has 6 N–H and O–H groups in total. The topological polar surface area (TPSA) is 168 Å². The molecule has 22 heavy (non-hydrogen) atoms. The van der Waals surface area contributed by atoms with Crippen LogP contribution < -0.4 is 16.4 Å². The van der Waals surface area contributed by atoms with Crippen LogP contribution in [0.2, 0.25) is 0 Å². The fourth-order valence-corrected chi connectivity index (χ4v) is 1.66. The Morgan fingerprint density at radius 1 is 1.41 bits per heavy atom. The first-order valence-corrected chi connectivity index (χ1v) is 6.26. The smallest absolute Gasteiger partial charge is 0.321 e. The minimum absolute atomic E-state index is 0.0254. The van der Waals surface area contributed by atoms with E-state index in [0.717, 1.165) is 6.07 Å². The van der Waals surface area contributed by atoms with E-state index in [4.69, 9.17) is 15.9 Å². The highest BCUT2D eigenvalue weighted by Crippen LogP contribution is 2.25. The number of nitrogens with zero attached hydrogens (tertiary/aromatic N) is 1. The lowest BCUT2D eigenvalue weighted by atomic mass is 10.2. The molecular weight excluding hydrogens is 296 g/mol. The number of aliphatic carboxylic acids is 1. The third-order valence-electron chi connectivity index (χ3n) is 2.70. The molecule has 1 aromatic carbocycles. The van der Waals surface area contributed by atoms with Crippen LogP contribution in [0.15, 0.2) is 18.2 Å². The molecule has 10 heteroatoms. The average Bonchev–Trinajstić information content (AvgIpc) is 2.44. The summed E-state index contributed by atoms with van der Waals surface area (Å²) in [6.07, 6.45) is -0.395. The number of aliphatic hydroxyl groups excluding tert-OH is 1. The highest BCUT2D eigenvalue weighted by molar-refractivity contribution is 5.94. The predicted octanol–water partition coefficient (Wildman–Crippen LogP) is -0.459. The van der Waals surface area contributed by atoms with Gasteiger partial charge in [0, 0.05) is 18.3 Å². The molecule has 120 valence electrons. The van der Waals surface area contributed by atoms with Gasteiger partial charge in [-0.3, -0.25) is 19.7 Å². The molecule has 0 saturated carbocycles. The van der Waals surface area contributed by atoms with Crippen molar-refractivity contribution in [2.75, 3.05) is 24.2 Å². The fourth-order valence-electron chi connectivity index (χ4n) is 1.66. The maximum Gasteiger partial charge on any atom is 0.321 e. The molecule has 0 aliphatic rings. The Morgan fingerprint density at radius 3 is 2.64 bits per heavy atom. The van der Waals surface area contributed by atoms with E-state index >= 15 is 0 Å². The second kappa shape index (κ2) is 7.90. The van der Waals surface area contributed by atoms with Crippen LogP contribution in [0.25, 0.3) is 0 Å². The summed E-state index contributed by atoms with van der Waals surface area (Å²) in [6.45, 7) is -0.243. The fraction of sp³-hybridized carbons (Fsp3) is 0.333. The maximum absolute atomic E-state index is 11.8. The third kappa shape index (κ3) is 5.00. The molecule has 0 saturated heterocycles. The van der Waals surface area contributed by atoms with Crippen molar-refractivity contribution in [1.29, 1.82) is 0 Å². The van der Waals surface area contributed by atoms with E-state index < -0.39 is 29.3 Å². The first-order valence-electron chi connectivity index (χ1n) is 6.26. The number of nitrogens with two attached hydrogens (primary N) is 1. The van der Waals surface area contributed by atoms with Gasteiger partial charge in [0.05, 0.1) is 18.0 Å². The number of amides is 1. The van der Waals surface area contributed by atoms with Crippen molar-refractivity contribution in [2.45, 2.75) is 12.5 Å². The van der Waals surface area contributed by atoms with E-state index in [1.807, 2.05) is 0 Å². The maximum atomic E-state index is 11.8. The van der Waals surface area contributed by atoms with Crippen LogP contribution >= 0.6 is 0 Å². The lowest BCUT2D eigenvalue weighted by Crippen LogP contribution is -2.41. The van der Waals surface area contributed by atoms with Crippen molar-refractivity contribution < 1.29 is 24.7 Å². The van der Waals surface area contributed by atoms with Gasteiger partial charge in [0.2, 0.25) is 5.91 Å². The number of carbonyl (C=O) groups is 2. The van der Waals surface area contributed by atoms with E-state index in [1.165, 1.54) is 12.1 Å². The molecule has 0 fully saturated rings. The lowest BCUT2D eigenvalue weighted by Gasteiger charge is -2.13. The van der Waals surface area contributed by atoms with Gasteiger partial charge in [-0.15, -0.1) is 0 Å². The number of aliphatic hydroxyl groups is 1. The molecule has 0 aliphatic carbocycles. The minimum Gasteiger partial charge on any atom is -0.480 e. The second-order valence-electron chi connectivity index (χ2n) is 4.35. The Kier molecular flexibility index (Phi) is 6.23. The number of carboxylic acid groups (broad SMARTS) is 1. The normalized spacial score (nSPS) is 11.7. The van der Waals surface area contributed by atoms with Gasteiger partial charge in [-0.1, -0.05) is 0 Å². The quantitative estimate of drug-likeness (QED) is 0.244. The first-order chi connectivity index (χ1) is 10.3. The van der Waals surface area contributed by atoms with Crippen LogP contribution in [-0.2, 0) is 9.59 Å². The minimum atomic E-state index is -1.24. The van der Waals surface area contributed by atoms with Crippen LogP contribution in [0.4, 0.5) is 17.1 Å². The second-order valence-corrected chi connectivity index (χ2v) is 4.35. The number of anilines is 2. The molecule has 1 rings (SSSR count). The van der Waals surface area contributed by atoms with Gasteiger partial charge >= 0.3 is 5.97 Å². The van der Waals surface area contributed by atoms with Crippen LogP contribution in [-0.4, -0.2) is 46.2 Å². The summed E-state index contributed by atoms with van der Waals surface area (Å²) < 4.78 is 0. The number of carboxylic acids is 1. The average molecular weight is 312 g/mol. The van der Waals surface area contributed by atoms with Crippen molar-refractivity contribution in [3.63, 3.8) is 0 Å². The van der Waals surface area contributed by atoms with E-state index in [0.29, 0.717) is 0 Å². The first kappa shape index (κ1) is 17.3. The summed E-state index contributed by atoms with van der Waals surface area (Å²) in [6, 6.07) is 2.56. The van der Waals surface area contributed by atoms with Crippen molar-refractivity contribution in [3.8, 4) is 0 Å². The monoisotopic (exact) mass is 312 g/mol. The highest BCUT2D eigenvalue weighted by Gasteiger charge is 2.21. The number of benzene rings is 1. The van der Waals surface area contributed by atoms with E-state index in [-0.39, 0.29) is 30.2 Å². The Labute approximate surface area is 125 Å². The van der Waals surface area contributed by atoms with Gasteiger partial charge in [0.1, 0.15) is 11.7 Å². The largest absolute Gasteiger partial charge is 0.480 e. The SMILES string of the molecule is Nc1ccc(NC(=O)C[C@H](NCCO)C(=O)O)cc1[N+](=O)[O-].